The number of rotatable bonds is 1. The molecule has 1 aromatic carbocycles. The number of hydrogen-bond acceptors (Lipinski definition) is 2. The van der Waals surface area contributed by atoms with Gasteiger partial charge in [-0.25, -0.2) is 4.68 Å². The number of nitrogen functional groups attached to an aromatic ring is 1. The molecule has 2 aromatic rings. The Bertz CT molecular complexity index is 611. The van der Waals surface area contributed by atoms with Crippen molar-refractivity contribution < 1.29 is 0 Å². The van der Waals surface area contributed by atoms with Crippen molar-refractivity contribution in [2.75, 3.05) is 5.73 Å². The first-order valence-corrected chi connectivity index (χ1v) is 7.97. The molecule has 18 heavy (non-hydrogen) atoms. The van der Waals surface area contributed by atoms with Gasteiger partial charge in [-0.15, -0.1) is 0 Å². The molecule has 1 aliphatic carbocycles. The molecule has 0 saturated carbocycles. The van der Waals surface area contributed by atoms with Crippen LogP contribution in [0.15, 0.2) is 25.6 Å². The molecule has 0 atom stereocenters. The normalized spacial score (nSPS) is 13.9. The predicted octanol–water partition coefficient (Wildman–Crippen LogP) is 4.23. The van der Waals surface area contributed by atoms with E-state index in [9.17, 15) is 0 Å². The van der Waals surface area contributed by atoms with Crippen molar-refractivity contribution in [2.45, 2.75) is 19.3 Å². The highest BCUT2D eigenvalue weighted by molar-refractivity contribution is 9.11. The van der Waals surface area contributed by atoms with Gasteiger partial charge in [0.15, 0.2) is 0 Å². The van der Waals surface area contributed by atoms with Crippen molar-refractivity contribution in [1.82, 2.24) is 9.78 Å². The van der Waals surface area contributed by atoms with Crippen LogP contribution in [-0.4, -0.2) is 9.78 Å². The highest BCUT2D eigenvalue weighted by atomic mass is 79.9. The second-order valence-electron chi connectivity index (χ2n) is 4.29. The lowest BCUT2D eigenvalue weighted by atomic mass is 10.2. The molecule has 0 radical (unpaired) electrons. The van der Waals surface area contributed by atoms with Gasteiger partial charge < -0.3 is 5.73 Å². The first-order chi connectivity index (χ1) is 8.58. The first kappa shape index (κ1) is 12.7. The van der Waals surface area contributed by atoms with Crippen LogP contribution >= 0.6 is 47.8 Å². The second kappa shape index (κ2) is 4.65. The van der Waals surface area contributed by atoms with Gasteiger partial charge in [0.05, 0.1) is 5.69 Å². The van der Waals surface area contributed by atoms with Gasteiger partial charge in [0.2, 0.25) is 0 Å². The molecule has 6 heteroatoms. The zero-order chi connectivity index (χ0) is 12.9. The average Bonchev–Trinajstić information content (AvgIpc) is 2.83. The third-order valence-corrected chi connectivity index (χ3v) is 4.82. The molecule has 3 nitrogen and oxygen atoms in total. The van der Waals surface area contributed by atoms with Crippen LogP contribution in [0.4, 0.5) is 5.82 Å². The molecule has 0 aliphatic heterocycles. The number of nitrogens with two attached hydrogens (primary N) is 1. The lowest BCUT2D eigenvalue weighted by Gasteiger charge is -2.11. The van der Waals surface area contributed by atoms with E-state index >= 15 is 0 Å². The number of aromatic nitrogens is 2. The lowest BCUT2D eigenvalue weighted by molar-refractivity contribution is 0.783. The van der Waals surface area contributed by atoms with Gasteiger partial charge >= 0.3 is 0 Å². The lowest BCUT2D eigenvalue weighted by Crippen LogP contribution is -2.04. The molecular formula is C12H10Br3N3. The van der Waals surface area contributed by atoms with E-state index in [1.807, 2.05) is 16.8 Å². The third kappa shape index (κ3) is 1.94. The van der Waals surface area contributed by atoms with Gasteiger partial charge in [-0.05, 0) is 63.3 Å². The summed E-state index contributed by atoms with van der Waals surface area (Å²) in [5.41, 5.74) is 9.43. The number of nitrogens with zero attached hydrogens (tertiary/aromatic N) is 2. The Kier molecular flexibility index (Phi) is 3.28. The maximum Gasteiger partial charge on any atom is 0.149 e. The van der Waals surface area contributed by atoms with Gasteiger partial charge in [-0.3, -0.25) is 0 Å². The summed E-state index contributed by atoms with van der Waals surface area (Å²) < 4.78 is 4.95. The summed E-state index contributed by atoms with van der Waals surface area (Å²) in [6.07, 6.45) is 3.23. The van der Waals surface area contributed by atoms with Gasteiger partial charge in [0.1, 0.15) is 5.82 Å². The van der Waals surface area contributed by atoms with E-state index < -0.39 is 0 Å². The predicted molar refractivity (Wildman–Crippen MR) is 83.1 cm³/mol. The van der Waals surface area contributed by atoms with Crippen LogP contribution in [0.3, 0.4) is 0 Å². The molecule has 1 heterocycles. The van der Waals surface area contributed by atoms with E-state index in [-0.39, 0.29) is 0 Å². The van der Waals surface area contributed by atoms with Crippen LogP contribution in [-0.2, 0) is 12.8 Å². The Morgan fingerprint density at radius 1 is 1.11 bits per heavy atom. The average molecular weight is 436 g/mol. The number of halogens is 3. The van der Waals surface area contributed by atoms with E-state index in [1.165, 1.54) is 11.3 Å². The summed E-state index contributed by atoms with van der Waals surface area (Å²) in [7, 11) is 0. The van der Waals surface area contributed by atoms with Crippen LogP contribution < -0.4 is 5.73 Å². The van der Waals surface area contributed by atoms with Crippen molar-refractivity contribution in [3.63, 3.8) is 0 Å². The third-order valence-electron chi connectivity index (χ3n) is 3.15. The molecule has 2 N–H and O–H groups in total. The smallest absolute Gasteiger partial charge is 0.149 e. The van der Waals surface area contributed by atoms with Crippen molar-refractivity contribution in [2.24, 2.45) is 0 Å². The minimum atomic E-state index is 0.657. The van der Waals surface area contributed by atoms with Gasteiger partial charge in [0.25, 0.3) is 0 Å². The molecule has 0 unspecified atom stereocenters. The number of hydrogen-bond donors (Lipinski definition) is 1. The zero-order valence-electron chi connectivity index (χ0n) is 9.38. The van der Waals surface area contributed by atoms with E-state index in [4.69, 9.17) is 5.73 Å². The maximum absolute atomic E-state index is 5.99. The Morgan fingerprint density at radius 2 is 1.78 bits per heavy atom. The molecule has 3 rings (SSSR count). The molecular weight excluding hydrogens is 426 g/mol. The minimum Gasteiger partial charge on any atom is -0.382 e. The highest BCUT2D eigenvalue weighted by Crippen LogP contribution is 2.36. The van der Waals surface area contributed by atoms with Gasteiger partial charge in [0, 0.05) is 24.7 Å². The molecule has 0 bridgehead atoms. The summed E-state index contributed by atoms with van der Waals surface area (Å²) in [6, 6.07) is 4.03. The van der Waals surface area contributed by atoms with E-state index in [2.05, 4.69) is 52.9 Å². The molecule has 94 valence electrons. The molecule has 1 aliphatic rings. The quantitative estimate of drug-likeness (QED) is 0.728. The molecule has 0 saturated heterocycles. The Morgan fingerprint density at radius 3 is 2.44 bits per heavy atom. The van der Waals surface area contributed by atoms with Crippen LogP contribution in [0.2, 0.25) is 0 Å². The maximum atomic E-state index is 5.99. The summed E-state index contributed by atoms with van der Waals surface area (Å²) in [4.78, 5) is 0. The van der Waals surface area contributed by atoms with Gasteiger partial charge in [-0.1, -0.05) is 15.9 Å². The molecule has 0 fully saturated rings. The fourth-order valence-corrected chi connectivity index (χ4v) is 4.98. The Hall–Kier alpha value is -0.330. The second-order valence-corrected chi connectivity index (χ2v) is 6.92. The van der Waals surface area contributed by atoms with E-state index in [0.717, 1.165) is 38.4 Å². The van der Waals surface area contributed by atoms with Crippen molar-refractivity contribution in [3.8, 4) is 5.69 Å². The standard InChI is InChI=1S/C12H10Br3N3/c13-6-4-8(14)11(9(15)5-6)18-10-3-1-2-7(10)12(16)17-18/h4-5H,1-3H2,(H2,16,17). The summed E-state index contributed by atoms with van der Waals surface area (Å²) in [6.45, 7) is 0. The number of benzene rings is 1. The zero-order valence-corrected chi connectivity index (χ0v) is 14.1. The fraction of sp³-hybridized carbons (Fsp3) is 0.250. The topological polar surface area (TPSA) is 43.8 Å². The minimum absolute atomic E-state index is 0.657. The van der Waals surface area contributed by atoms with Crippen LogP contribution in [0.5, 0.6) is 0 Å². The van der Waals surface area contributed by atoms with Crippen LogP contribution in [0, 0.1) is 0 Å². The molecule has 1 aromatic heterocycles. The van der Waals surface area contributed by atoms with Crippen molar-refractivity contribution in [3.05, 3.63) is 36.8 Å². The number of fused-ring (bicyclic) bond motifs is 1. The Balaban J connectivity index is 2.25. The highest BCUT2D eigenvalue weighted by Gasteiger charge is 2.23. The van der Waals surface area contributed by atoms with Crippen molar-refractivity contribution >= 4 is 53.6 Å². The molecule has 0 spiro atoms. The molecule has 0 amide bonds. The fourth-order valence-electron chi connectivity index (χ4n) is 2.39. The van der Waals surface area contributed by atoms with Gasteiger partial charge in [-0.2, -0.15) is 5.10 Å². The Labute approximate surface area is 130 Å². The van der Waals surface area contributed by atoms with Crippen LogP contribution in [0.1, 0.15) is 17.7 Å². The van der Waals surface area contributed by atoms with E-state index in [0.29, 0.717) is 5.82 Å². The summed E-state index contributed by atoms with van der Waals surface area (Å²) >= 11 is 10.7. The van der Waals surface area contributed by atoms with Crippen LogP contribution in [0.25, 0.3) is 5.69 Å². The summed E-state index contributed by atoms with van der Waals surface area (Å²) in [5.74, 6) is 0.657. The number of anilines is 1. The summed E-state index contributed by atoms with van der Waals surface area (Å²) in [5, 5.41) is 4.47. The first-order valence-electron chi connectivity index (χ1n) is 5.59. The SMILES string of the molecule is Nc1nn(-c2c(Br)cc(Br)cc2Br)c2c1CCC2. The van der Waals surface area contributed by atoms with Crippen molar-refractivity contribution in [1.29, 1.82) is 0 Å². The largest absolute Gasteiger partial charge is 0.382 e. The van der Waals surface area contributed by atoms with E-state index in [1.54, 1.807) is 0 Å². The monoisotopic (exact) mass is 433 g/mol.